The van der Waals surface area contributed by atoms with Crippen LogP contribution in [0.4, 0.5) is 0 Å². The van der Waals surface area contributed by atoms with Crippen molar-refractivity contribution in [1.82, 2.24) is 20.2 Å². The maximum Gasteiger partial charge on any atom is 0.142 e. The number of hydrogen-bond acceptors (Lipinski definition) is 4. The van der Waals surface area contributed by atoms with E-state index >= 15 is 0 Å². The summed E-state index contributed by atoms with van der Waals surface area (Å²) in [6, 6.07) is 3.07. The van der Waals surface area contributed by atoms with Gasteiger partial charge in [0.2, 0.25) is 0 Å². The van der Waals surface area contributed by atoms with Gasteiger partial charge in [0.1, 0.15) is 5.82 Å². The Hall–Kier alpha value is -1.00. The fraction of sp³-hybridized carbons (Fsp3) is 0.733. The van der Waals surface area contributed by atoms with Crippen LogP contribution < -0.4 is 5.32 Å². The van der Waals surface area contributed by atoms with Crippen LogP contribution >= 0.6 is 0 Å². The van der Waals surface area contributed by atoms with E-state index in [0.29, 0.717) is 12.1 Å². The summed E-state index contributed by atoms with van der Waals surface area (Å²) < 4.78 is 0. The molecule has 1 aliphatic rings. The van der Waals surface area contributed by atoms with Gasteiger partial charge in [0, 0.05) is 37.6 Å². The molecule has 4 heteroatoms. The van der Waals surface area contributed by atoms with Crippen LogP contribution in [0.25, 0.3) is 0 Å². The van der Waals surface area contributed by atoms with Crippen LogP contribution in [0.3, 0.4) is 0 Å². The van der Waals surface area contributed by atoms with Crippen LogP contribution in [0, 0.1) is 5.92 Å². The third kappa shape index (κ3) is 3.74. The minimum absolute atomic E-state index is 0.594. The van der Waals surface area contributed by atoms with Crippen LogP contribution in [-0.4, -0.2) is 40.0 Å². The second-order valence-corrected chi connectivity index (χ2v) is 5.56. The van der Waals surface area contributed by atoms with Gasteiger partial charge in [-0.25, -0.2) is 9.97 Å². The van der Waals surface area contributed by atoms with E-state index in [1.54, 1.807) is 0 Å². The molecular formula is C15H26N4. The second kappa shape index (κ2) is 6.96. The molecule has 4 nitrogen and oxygen atoms in total. The quantitative estimate of drug-likeness (QED) is 0.882. The summed E-state index contributed by atoms with van der Waals surface area (Å²) in [6.07, 6.45) is 6.06. The highest BCUT2D eigenvalue weighted by atomic mass is 15.2. The number of nitrogens with zero attached hydrogens (tertiary/aromatic N) is 3. The number of rotatable bonds is 5. The summed E-state index contributed by atoms with van der Waals surface area (Å²) in [6.45, 7) is 9.91. The molecule has 0 saturated carbocycles. The minimum Gasteiger partial charge on any atom is -0.311 e. The molecule has 1 N–H and O–H groups in total. The van der Waals surface area contributed by atoms with Gasteiger partial charge in [-0.1, -0.05) is 27.2 Å². The molecule has 106 valence electrons. The molecular weight excluding hydrogens is 236 g/mol. The topological polar surface area (TPSA) is 41.1 Å². The molecule has 2 rings (SSSR count). The van der Waals surface area contributed by atoms with Gasteiger partial charge in [-0.3, -0.25) is 4.90 Å². The number of aromatic nitrogens is 2. The van der Waals surface area contributed by atoms with Crippen LogP contribution in [-0.2, 0) is 6.54 Å². The largest absolute Gasteiger partial charge is 0.311 e. The predicted octanol–water partition coefficient (Wildman–Crippen LogP) is 2.08. The van der Waals surface area contributed by atoms with Crippen LogP contribution in [0.15, 0.2) is 18.5 Å². The fourth-order valence-corrected chi connectivity index (χ4v) is 2.74. The zero-order valence-corrected chi connectivity index (χ0v) is 12.3. The Bertz CT molecular complexity index is 368. The molecule has 1 fully saturated rings. The Morgan fingerprint density at radius 2 is 2.11 bits per heavy atom. The average Bonchev–Trinajstić information content (AvgIpc) is 2.47. The lowest BCUT2D eigenvalue weighted by Gasteiger charge is -2.41. The first-order chi connectivity index (χ1) is 9.24. The van der Waals surface area contributed by atoms with Gasteiger partial charge in [-0.05, 0) is 18.4 Å². The predicted molar refractivity (Wildman–Crippen MR) is 77.8 cm³/mol. The van der Waals surface area contributed by atoms with Crippen molar-refractivity contribution < 1.29 is 0 Å². The molecule has 0 aromatic carbocycles. The van der Waals surface area contributed by atoms with Gasteiger partial charge in [0.05, 0.1) is 6.54 Å². The molecule has 19 heavy (non-hydrogen) atoms. The molecule has 1 aromatic rings. The minimum atomic E-state index is 0.594. The first-order valence-corrected chi connectivity index (χ1v) is 7.47. The van der Waals surface area contributed by atoms with E-state index in [1.807, 2.05) is 18.5 Å². The van der Waals surface area contributed by atoms with Crippen molar-refractivity contribution in [3.8, 4) is 0 Å². The van der Waals surface area contributed by atoms with Gasteiger partial charge >= 0.3 is 0 Å². The first kappa shape index (κ1) is 14.4. The van der Waals surface area contributed by atoms with Crippen molar-refractivity contribution in [3.05, 3.63) is 24.3 Å². The lowest BCUT2D eigenvalue weighted by Crippen LogP contribution is -2.57. The normalized spacial score (nSPS) is 26.3. The maximum absolute atomic E-state index is 4.36. The zero-order chi connectivity index (χ0) is 13.7. The number of hydrogen-bond donors (Lipinski definition) is 1. The van der Waals surface area contributed by atoms with Crippen molar-refractivity contribution in [1.29, 1.82) is 0 Å². The van der Waals surface area contributed by atoms with E-state index in [4.69, 9.17) is 0 Å². The highest BCUT2D eigenvalue weighted by Crippen LogP contribution is 2.18. The highest BCUT2D eigenvalue weighted by molar-refractivity contribution is 4.93. The van der Waals surface area contributed by atoms with Crippen LogP contribution in [0.2, 0.25) is 0 Å². The van der Waals surface area contributed by atoms with Crippen LogP contribution in [0.1, 0.15) is 39.4 Å². The van der Waals surface area contributed by atoms with Gasteiger partial charge < -0.3 is 5.32 Å². The average molecular weight is 262 g/mol. The molecule has 3 atom stereocenters. The molecule has 0 amide bonds. The Labute approximate surface area is 116 Å². The summed E-state index contributed by atoms with van der Waals surface area (Å²) in [5.74, 6) is 1.66. The third-order valence-electron chi connectivity index (χ3n) is 4.33. The molecule has 3 unspecified atom stereocenters. The number of piperazine rings is 1. The summed E-state index contributed by atoms with van der Waals surface area (Å²) >= 11 is 0. The van der Waals surface area contributed by atoms with Gasteiger partial charge in [0.15, 0.2) is 0 Å². The van der Waals surface area contributed by atoms with Crippen molar-refractivity contribution in [3.63, 3.8) is 0 Å². The van der Waals surface area contributed by atoms with Gasteiger partial charge in [-0.2, -0.15) is 0 Å². The van der Waals surface area contributed by atoms with Crippen molar-refractivity contribution in [2.45, 2.75) is 52.2 Å². The van der Waals surface area contributed by atoms with E-state index in [-0.39, 0.29) is 0 Å². The maximum atomic E-state index is 4.36. The molecule has 0 radical (unpaired) electrons. The van der Waals surface area contributed by atoms with Gasteiger partial charge in [-0.15, -0.1) is 0 Å². The standard InChI is InChI=1S/C15H26N4/c1-4-12(3)14-10-19(13(5-2)9-18-14)11-15-16-7-6-8-17-15/h6-8,12-14,18H,4-5,9-11H2,1-3H3. The van der Waals surface area contributed by atoms with E-state index in [1.165, 1.54) is 12.8 Å². The molecule has 1 aliphatic heterocycles. The zero-order valence-electron chi connectivity index (χ0n) is 12.3. The van der Waals surface area contributed by atoms with Gasteiger partial charge in [0.25, 0.3) is 0 Å². The van der Waals surface area contributed by atoms with Crippen molar-refractivity contribution >= 4 is 0 Å². The molecule has 2 heterocycles. The van der Waals surface area contributed by atoms with E-state index in [0.717, 1.165) is 31.4 Å². The van der Waals surface area contributed by atoms with E-state index in [2.05, 4.69) is 41.0 Å². The summed E-state index contributed by atoms with van der Waals surface area (Å²) in [7, 11) is 0. The molecule has 0 spiro atoms. The summed E-state index contributed by atoms with van der Waals surface area (Å²) in [5.41, 5.74) is 0. The second-order valence-electron chi connectivity index (χ2n) is 5.56. The van der Waals surface area contributed by atoms with E-state index < -0.39 is 0 Å². The molecule has 1 saturated heterocycles. The highest BCUT2D eigenvalue weighted by Gasteiger charge is 2.29. The van der Waals surface area contributed by atoms with Crippen molar-refractivity contribution in [2.75, 3.05) is 13.1 Å². The monoisotopic (exact) mass is 262 g/mol. The summed E-state index contributed by atoms with van der Waals surface area (Å²) in [5, 5.41) is 3.70. The van der Waals surface area contributed by atoms with E-state index in [9.17, 15) is 0 Å². The molecule has 0 bridgehead atoms. The van der Waals surface area contributed by atoms with Crippen molar-refractivity contribution in [2.24, 2.45) is 5.92 Å². The Balaban J connectivity index is 2.01. The number of nitrogens with one attached hydrogen (secondary N) is 1. The fourth-order valence-electron chi connectivity index (χ4n) is 2.74. The smallest absolute Gasteiger partial charge is 0.142 e. The Morgan fingerprint density at radius 1 is 1.37 bits per heavy atom. The lowest BCUT2D eigenvalue weighted by atomic mass is 9.95. The Kier molecular flexibility index (Phi) is 5.28. The SMILES string of the molecule is CCC(C)C1CN(Cc2ncccn2)C(CC)CN1. The van der Waals surface area contributed by atoms with Crippen LogP contribution in [0.5, 0.6) is 0 Å². The third-order valence-corrected chi connectivity index (χ3v) is 4.33. The lowest BCUT2D eigenvalue weighted by molar-refractivity contribution is 0.0967. The first-order valence-electron chi connectivity index (χ1n) is 7.47. The molecule has 1 aromatic heterocycles. The molecule has 0 aliphatic carbocycles. The Morgan fingerprint density at radius 3 is 2.74 bits per heavy atom. The summed E-state index contributed by atoms with van der Waals surface area (Å²) in [4.78, 5) is 11.3.